The third-order valence-corrected chi connectivity index (χ3v) is 12.2. The van der Waals surface area contributed by atoms with Gasteiger partial charge in [0.2, 0.25) is 5.91 Å². The summed E-state index contributed by atoms with van der Waals surface area (Å²) in [5.41, 5.74) is 4.24. The summed E-state index contributed by atoms with van der Waals surface area (Å²) in [4.78, 5) is 42.5. The Bertz CT molecular complexity index is 1640. The predicted molar refractivity (Wildman–Crippen MR) is 197 cm³/mol. The van der Waals surface area contributed by atoms with E-state index in [1.165, 1.54) is 22.2 Å². The number of unbranched alkanes of at least 4 members (excludes halogenated alkanes) is 2. The van der Waals surface area contributed by atoms with Gasteiger partial charge < -0.3 is 14.9 Å². The average Bonchev–Trinajstić information content (AvgIpc) is 3.55. The van der Waals surface area contributed by atoms with Gasteiger partial charge in [0.15, 0.2) is 0 Å². The van der Waals surface area contributed by atoms with E-state index >= 15 is 0 Å². The van der Waals surface area contributed by atoms with Gasteiger partial charge in [0.25, 0.3) is 0 Å². The zero-order valence-electron chi connectivity index (χ0n) is 28.0. The number of β-lactam (4-membered cyclic amide) rings is 1. The lowest BCUT2D eigenvalue weighted by molar-refractivity contribution is -0.152. The fraction of sp³-hybridized carbons (Fsp3) is 0.474. The Morgan fingerprint density at radius 1 is 1.21 bits per heavy atom. The van der Waals surface area contributed by atoms with E-state index in [-0.39, 0.29) is 53.3 Å². The number of phenolic OH excluding ortho intramolecular Hbond substituents is 1. The van der Waals surface area contributed by atoms with Crippen LogP contribution in [0.1, 0.15) is 94.1 Å². The molecule has 1 fully saturated rings. The molecule has 5 rings (SSSR count). The number of aryl methyl sites for hydroxylation is 1. The summed E-state index contributed by atoms with van der Waals surface area (Å²) < 4.78 is 6.03. The highest BCUT2D eigenvalue weighted by molar-refractivity contribution is 8.00. The molecule has 7 nitrogen and oxygen atoms in total. The van der Waals surface area contributed by atoms with Crippen molar-refractivity contribution in [1.29, 1.82) is 0 Å². The van der Waals surface area contributed by atoms with Crippen molar-refractivity contribution in [3.63, 3.8) is 0 Å². The number of carboxylic acid groups (broad SMARTS) is 1. The van der Waals surface area contributed by atoms with Crippen molar-refractivity contribution in [1.82, 2.24) is 4.90 Å². The van der Waals surface area contributed by atoms with Gasteiger partial charge in [-0.1, -0.05) is 61.9 Å². The van der Waals surface area contributed by atoms with Gasteiger partial charge in [-0.05, 0) is 97.9 Å². The summed E-state index contributed by atoms with van der Waals surface area (Å²) >= 11 is 8.74. The fourth-order valence-electron chi connectivity index (χ4n) is 7.08. The topological polar surface area (TPSA) is 104 Å². The Morgan fingerprint density at radius 2 is 2.00 bits per heavy atom. The SMILES string of the molecule is C=C(C)[C@@H]1CCC(C)=C[C@H]1c1c(O)cc(CCCCC)cc1OC(=O)CCC1=C(C(=O)O)N2C(=O)[C@@H](CC(=S)Cc3cccs3)[C@H]2SC1. The molecule has 3 heterocycles. The van der Waals surface area contributed by atoms with Gasteiger partial charge in [0, 0.05) is 35.0 Å². The number of ether oxygens (including phenoxy) is 1. The van der Waals surface area contributed by atoms with E-state index < -0.39 is 11.9 Å². The molecule has 2 aromatic rings. The number of phenols is 1. The van der Waals surface area contributed by atoms with Crippen molar-refractivity contribution in [3.05, 3.63) is 80.7 Å². The van der Waals surface area contributed by atoms with Crippen molar-refractivity contribution < 1.29 is 29.3 Å². The predicted octanol–water partition coefficient (Wildman–Crippen LogP) is 8.76. The average molecular weight is 708 g/mol. The highest BCUT2D eigenvalue weighted by atomic mass is 32.2. The standard InChI is InChI=1S/C38H45NO6S3/c1-5-6-7-9-24-17-31(40)34(29-16-23(4)11-13-28(29)22(2)3)32(18-24)45-33(41)14-12-25-21-48-37-30(36(42)39(37)35(25)38(43)44)20-26(46)19-27-10-8-15-47-27/h8,10,15-18,28-30,37,40H,2,5-7,9,11-14,19-21H2,1,3-4H3,(H,43,44)/t28-,29+,30+,37+/m0/s1. The van der Waals surface area contributed by atoms with Crippen molar-refractivity contribution in [2.24, 2.45) is 11.8 Å². The van der Waals surface area contributed by atoms with E-state index in [0.717, 1.165) is 59.4 Å². The molecular weight excluding hydrogens is 663 g/mol. The second-order valence-corrected chi connectivity index (χ2v) is 16.0. The first-order valence-electron chi connectivity index (χ1n) is 16.8. The molecule has 0 radical (unpaired) electrons. The van der Waals surface area contributed by atoms with E-state index in [9.17, 15) is 24.6 Å². The number of rotatable bonds is 15. The lowest BCUT2D eigenvalue weighted by Gasteiger charge is -2.49. The molecule has 0 saturated carbocycles. The first kappa shape index (κ1) is 36.1. The van der Waals surface area contributed by atoms with Crippen LogP contribution in [0.3, 0.4) is 0 Å². The van der Waals surface area contributed by atoms with Crippen molar-refractivity contribution >= 4 is 58.0 Å². The molecule has 1 aromatic carbocycles. The van der Waals surface area contributed by atoms with Crippen LogP contribution in [0.15, 0.2) is 64.7 Å². The molecule has 0 spiro atoms. The van der Waals surface area contributed by atoms with Crippen molar-refractivity contribution in [2.45, 2.75) is 96.3 Å². The van der Waals surface area contributed by atoms with Crippen LogP contribution in [0.5, 0.6) is 11.5 Å². The molecule has 2 aliphatic heterocycles. The summed E-state index contributed by atoms with van der Waals surface area (Å²) in [5.74, 6) is -1.49. The Hall–Kier alpha value is -3.21. The van der Waals surface area contributed by atoms with E-state index in [1.54, 1.807) is 17.4 Å². The molecule has 4 atom stereocenters. The highest BCUT2D eigenvalue weighted by Gasteiger charge is 2.53. The third kappa shape index (κ3) is 8.14. The number of aromatic hydroxyl groups is 1. The highest BCUT2D eigenvalue weighted by Crippen LogP contribution is 2.48. The van der Waals surface area contributed by atoms with Crippen LogP contribution in [-0.2, 0) is 27.2 Å². The van der Waals surface area contributed by atoms with Crippen LogP contribution in [0, 0.1) is 11.8 Å². The number of aliphatic carboxylic acids is 1. The molecular formula is C38H45NO6S3. The summed E-state index contributed by atoms with van der Waals surface area (Å²) in [6.45, 7) is 10.4. The van der Waals surface area contributed by atoms with Crippen LogP contribution < -0.4 is 4.74 Å². The van der Waals surface area contributed by atoms with E-state index in [0.29, 0.717) is 35.5 Å². The minimum atomic E-state index is -1.17. The van der Waals surface area contributed by atoms with E-state index in [2.05, 4.69) is 26.5 Å². The van der Waals surface area contributed by atoms with Crippen molar-refractivity contribution in [2.75, 3.05) is 5.75 Å². The number of thiophene rings is 1. The Morgan fingerprint density at radius 3 is 2.69 bits per heavy atom. The number of benzene rings is 1. The first-order chi connectivity index (χ1) is 23.0. The van der Waals surface area contributed by atoms with Gasteiger partial charge in [-0.25, -0.2) is 4.79 Å². The van der Waals surface area contributed by atoms with Crippen LogP contribution >= 0.6 is 35.3 Å². The maximum absolute atomic E-state index is 13.4. The third-order valence-electron chi connectivity index (χ3n) is 9.58. The Labute approximate surface area is 297 Å². The number of hydrogen-bond donors (Lipinski definition) is 2. The number of nitrogens with zero attached hydrogens (tertiary/aromatic N) is 1. The van der Waals surface area contributed by atoms with Gasteiger partial charge in [-0.3, -0.25) is 14.5 Å². The van der Waals surface area contributed by atoms with Gasteiger partial charge in [-0.2, -0.15) is 0 Å². The van der Waals surface area contributed by atoms with Crippen molar-refractivity contribution in [3.8, 4) is 11.5 Å². The quantitative estimate of drug-likeness (QED) is 0.0473. The number of thioether (sulfide) groups is 1. The van der Waals surface area contributed by atoms with Crippen LogP contribution in [0.4, 0.5) is 0 Å². The minimum absolute atomic E-state index is 0.0275. The fourth-order valence-corrected chi connectivity index (χ4v) is 9.71. The number of allylic oxidation sites excluding steroid dienone is 3. The largest absolute Gasteiger partial charge is 0.507 e. The molecule has 0 bridgehead atoms. The molecule has 2 N–H and O–H groups in total. The molecule has 1 amide bonds. The van der Waals surface area contributed by atoms with Crippen LogP contribution in [0.25, 0.3) is 0 Å². The molecule has 48 heavy (non-hydrogen) atoms. The Balaban J connectivity index is 1.32. The molecule has 1 aliphatic carbocycles. The molecule has 3 aliphatic rings. The number of hydrogen-bond acceptors (Lipinski definition) is 8. The molecule has 1 saturated heterocycles. The zero-order chi connectivity index (χ0) is 34.5. The second-order valence-electron chi connectivity index (χ2n) is 13.3. The summed E-state index contributed by atoms with van der Waals surface area (Å²) in [7, 11) is 0. The van der Waals surface area contributed by atoms with Gasteiger partial charge in [-0.15, -0.1) is 23.1 Å². The maximum atomic E-state index is 13.4. The number of fused-ring (bicyclic) bond motifs is 1. The minimum Gasteiger partial charge on any atom is -0.507 e. The Kier molecular flexibility index (Phi) is 12.0. The number of thiocarbonyl (C=S) groups is 1. The van der Waals surface area contributed by atoms with Crippen LogP contribution in [-0.4, -0.2) is 49.0 Å². The molecule has 10 heteroatoms. The number of esters is 1. The molecule has 0 unspecified atom stereocenters. The maximum Gasteiger partial charge on any atom is 0.352 e. The molecule has 256 valence electrons. The van der Waals surface area contributed by atoms with Gasteiger partial charge in [0.05, 0.1) is 11.3 Å². The lowest BCUT2D eigenvalue weighted by Crippen LogP contribution is -2.61. The molecule has 1 aromatic heterocycles. The summed E-state index contributed by atoms with van der Waals surface area (Å²) in [6, 6.07) is 7.66. The van der Waals surface area contributed by atoms with E-state index in [4.69, 9.17) is 17.0 Å². The monoisotopic (exact) mass is 707 g/mol. The lowest BCUT2D eigenvalue weighted by atomic mass is 9.73. The second kappa shape index (κ2) is 16.0. The number of carboxylic acids is 1. The first-order valence-corrected chi connectivity index (χ1v) is 19.1. The normalized spacial score (nSPS) is 22.1. The smallest absolute Gasteiger partial charge is 0.352 e. The summed E-state index contributed by atoms with van der Waals surface area (Å²) in [6.07, 6.45) is 9.01. The number of carbonyl (C=O) groups is 3. The van der Waals surface area contributed by atoms with Gasteiger partial charge >= 0.3 is 11.9 Å². The number of amides is 1. The summed E-state index contributed by atoms with van der Waals surface area (Å²) in [5, 5.41) is 23.2. The van der Waals surface area contributed by atoms with E-state index in [1.807, 2.05) is 30.5 Å². The zero-order valence-corrected chi connectivity index (χ0v) is 30.4. The van der Waals surface area contributed by atoms with Crippen LogP contribution in [0.2, 0.25) is 0 Å². The van der Waals surface area contributed by atoms with Gasteiger partial charge in [0.1, 0.15) is 17.2 Å². The number of carbonyl (C=O) groups excluding carboxylic acids is 2.